The van der Waals surface area contributed by atoms with E-state index < -0.39 is 12.6 Å². The van der Waals surface area contributed by atoms with Gasteiger partial charge in [0.2, 0.25) is 0 Å². The molecule has 2 heterocycles. The molecule has 4 nitrogen and oxygen atoms in total. The molecule has 1 aliphatic heterocycles. The number of rotatable bonds is 5. The van der Waals surface area contributed by atoms with Crippen molar-refractivity contribution < 1.29 is 13.2 Å². The number of nitrogens with one attached hydrogen (secondary N) is 2. The Morgan fingerprint density at radius 3 is 2.70 bits per heavy atom. The molecule has 1 aliphatic rings. The smallest absolute Gasteiger partial charge is 0.356 e. The zero-order valence-corrected chi connectivity index (χ0v) is 14.0. The second kappa shape index (κ2) is 8.54. The van der Waals surface area contributed by atoms with E-state index in [9.17, 15) is 13.2 Å². The Labute approximate surface area is 138 Å². The van der Waals surface area contributed by atoms with Crippen LogP contribution in [0.5, 0.6) is 0 Å². The number of hydrogen-bond acceptors (Lipinski definition) is 3. The van der Waals surface area contributed by atoms with Crippen molar-refractivity contribution in [3.63, 3.8) is 0 Å². The third-order valence-corrected chi connectivity index (χ3v) is 4.57. The van der Waals surface area contributed by atoms with Crippen molar-refractivity contribution in [2.45, 2.75) is 38.0 Å². The molecule has 1 saturated heterocycles. The number of hydrogen-bond donors (Lipinski definition) is 2. The topological polar surface area (TPSA) is 39.7 Å². The highest BCUT2D eigenvalue weighted by atomic mass is 32.1. The van der Waals surface area contributed by atoms with Gasteiger partial charge in [-0.05, 0) is 35.2 Å². The quantitative estimate of drug-likeness (QED) is 0.635. The molecule has 8 heteroatoms. The van der Waals surface area contributed by atoms with E-state index in [0.717, 1.165) is 32.5 Å². The zero-order valence-electron chi connectivity index (χ0n) is 13.2. The lowest BCUT2D eigenvalue weighted by atomic mass is 10.0. The Bertz CT molecular complexity index is 479. The number of guanidine groups is 1. The molecule has 0 aliphatic carbocycles. The van der Waals surface area contributed by atoms with E-state index in [1.54, 1.807) is 18.4 Å². The fourth-order valence-electron chi connectivity index (χ4n) is 2.59. The van der Waals surface area contributed by atoms with E-state index >= 15 is 0 Å². The highest BCUT2D eigenvalue weighted by Crippen LogP contribution is 2.18. The zero-order chi connectivity index (χ0) is 16.7. The normalized spacial score (nSPS) is 18.2. The Kier molecular flexibility index (Phi) is 6.71. The minimum absolute atomic E-state index is 0.153. The van der Waals surface area contributed by atoms with Crippen molar-refractivity contribution in [3.05, 3.63) is 22.4 Å². The van der Waals surface area contributed by atoms with Crippen molar-refractivity contribution in [1.29, 1.82) is 0 Å². The SMILES string of the molecule is CN=C(NCCC(F)(F)F)NC1CCN(Cc2ccsc2)CC1. The predicted molar refractivity (Wildman–Crippen MR) is 87.8 cm³/mol. The summed E-state index contributed by atoms with van der Waals surface area (Å²) in [6, 6.07) is 2.40. The van der Waals surface area contributed by atoms with E-state index in [0.29, 0.717) is 5.96 Å². The number of thiophene rings is 1. The molecule has 130 valence electrons. The maximum Gasteiger partial charge on any atom is 0.390 e. The van der Waals surface area contributed by atoms with E-state index in [2.05, 4.69) is 37.4 Å². The number of nitrogens with zero attached hydrogens (tertiary/aromatic N) is 2. The summed E-state index contributed by atoms with van der Waals surface area (Å²) in [6.45, 7) is 2.77. The summed E-state index contributed by atoms with van der Waals surface area (Å²) >= 11 is 1.71. The van der Waals surface area contributed by atoms with E-state index in [1.807, 2.05) is 0 Å². The summed E-state index contributed by atoms with van der Waals surface area (Å²) in [5.74, 6) is 0.450. The molecule has 23 heavy (non-hydrogen) atoms. The fourth-order valence-corrected chi connectivity index (χ4v) is 3.25. The van der Waals surface area contributed by atoms with Gasteiger partial charge in [0.05, 0.1) is 6.42 Å². The van der Waals surface area contributed by atoms with Gasteiger partial charge in [-0.3, -0.25) is 9.89 Å². The Morgan fingerprint density at radius 2 is 2.13 bits per heavy atom. The predicted octanol–water partition coefficient (Wildman–Crippen LogP) is 2.83. The largest absolute Gasteiger partial charge is 0.390 e. The molecule has 0 spiro atoms. The van der Waals surface area contributed by atoms with Crippen molar-refractivity contribution >= 4 is 17.3 Å². The lowest BCUT2D eigenvalue weighted by molar-refractivity contribution is -0.132. The van der Waals surface area contributed by atoms with Gasteiger partial charge in [-0.1, -0.05) is 0 Å². The number of alkyl halides is 3. The fraction of sp³-hybridized carbons (Fsp3) is 0.667. The molecule has 0 saturated carbocycles. The Balaban J connectivity index is 1.68. The lowest BCUT2D eigenvalue weighted by Crippen LogP contribution is -2.48. The van der Waals surface area contributed by atoms with Gasteiger partial charge in [0, 0.05) is 39.3 Å². The summed E-state index contributed by atoms with van der Waals surface area (Å²) in [4.78, 5) is 6.40. The molecular formula is C15H23F3N4S. The summed E-state index contributed by atoms with van der Waals surface area (Å²) in [5.41, 5.74) is 1.34. The molecule has 0 unspecified atom stereocenters. The highest BCUT2D eigenvalue weighted by molar-refractivity contribution is 7.07. The first-order valence-electron chi connectivity index (χ1n) is 7.73. The first-order valence-corrected chi connectivity index (χ1v) is 8.68. The maximum atomic E-state index is 12.2. The second-order valence-electron chi connectivity index (χ2n) is 5.69. The molecule has 1 aromatic rings. The summed E-state index contributed by atoms with van der Waals surface area (Å²) in [5, 5.41) is 10.2. The minimum atomic E-state index is -4.14. The third kappa shape index (κ3) is 6.78. The molecule has 2 N–H and O–H groups in total. The average molecular weight is 348 g/mol. The lowest BCUT2D eigenvalue weighted by Gasteiger charge is -2.33. The third-order valence-electron chi connectivity index (χ3n) is 3.84. The average Bonchev–Trinajstić information content (AvgIpc) is 3.00. The van der Waals surface area contributed by atoms with Crippen LogP contribution >= 0.6 is 11.3 Å². The molecule has 1 aromatic heterocycles. The first kappa shape index (κ1) is 18.1. The summed E-state index contributed by atoms with van der Waals surface area (Å²) in [6.07, 6.45) is -3.07. The van der Waals surface area contributed by atoms with Crippen LogP contribution in [0.25, 0.3) is 0 Å². The van der Waals surface area contributed by atoms with Crippen molar-refractivity contribution in [3.8, 4) is 0 Å². The van der Waals surface area contributed by atoms with Crippen LogP contribution in [-0.2, 0) is 6.54 Å². The summed E-state index contributed by atoms with van der Waals surface area (Å²) in [7, 11) is 1.58. The number of likely N-dealkylation sites (tertiary alicyclic amines) is 1. The number of piperidine rings is 1. The molecule has 0 amide bonds. The first-order chi connectivity index (χ1) is 11.0. The molecule has 0 aromatic carbocycles. The van der Waals surface area contributed by atoms with Gasteiger partial charge in [0.15, 0.2) is 5.96 Å². The maximum absolute atomic E-state index is 12.2. The van der Waals surface area contributed by atoms with Gasteiger partial charge in [-0.25, -0.2) is 0 Å². The van der Waals surface area contributed by atoms with Gasteiger partial charge in [0.25, 0.3) is 0 Å². The van der Waals surface area contributed by atoms with E-state index in [1.165, 1.54) is 5.56 Å². The van der Waals surface area contributed by atoms with Gasteiger partial charge in [-0.2, -0.15) is 24.5 Å². The van der Waals surface area contributed by atoms with Crippen LogP contribution in [0.15, 0.2) is 21.8 Å². The van der Waals surface area contributed by atoms with Crippen LogP contribution in [0, 0.1) is 0 Å². The second-order valence-corrected chi connectivity index (χ2v) is 6.47. The Morgan fingerprint density at radius 1 is 1.39 bits per heavy atom. The van der Waals surface area contributed by atoms with E-state index in [4.69, 9.17) is 0 Å². The van der Waals surface area contributed by atoms with Crippen LogP contribution in [0.3, 0.4) is 0 Å². The molecule has 1 fully saturated rings. The monoisotopic (exact) mass is 348 g/mol. The van der Waals surface area contributed by atoms with Gasteiger partial charge < -0.3 is 10.6 Å². The highest BCUT2D eigenvalue weighted by Gasteiger charge is 2.26. The van der Waals surface area contributed by atoms with Crippen molar-refractivity contribution in [1.82, 2.24) is 15.5 Å². The van der Waals surface area contributed by atoms with E-state index in [-0.39, 0.29) is 12.6 Å². The molecule has 0 bridgehead atoms. The van der Waals surface area contributed by atoms with Gasteiger partial charge >= 0.3 is 6.18 Å². The number of halogens is 3. The van der Waals surface area contributed by atoms with Crippen LogP contribution < -0.4 is 10.6 Å². The van der Waals surface area contributed by atoms with Crippen LogP contribution in [-0.4, -0.2) is 49.8 Å². The molecule has 0 atom stereocenters. The molecule has 2 rings (SSSR count). The summed E-state index contributed by atoms with van der Waals surface area (Å²) < 4.78 is 36.5. The minimum Gasteiger partial charge on any atom is -0.356 e. The molecule has 0 radical (unpaired) electrons. The van der Waals surface area contributed by atoms with Gasteiger partial charge in [-0.15, -0.1) is 0 Å². The van der Waals surface area contributed by atoms with Crippen LogP contribution in [0.1, 0.15) is 24.8 Å². The van der Waals surface area contributed by atoms with Crippen molar-refractivity contribution in [2.75, 3.05) is 26.7 Å². The van der Waals surface area contributed by atoms with Crippen LogP contribution in [0.2, 0.25) is 0 Å². The van der Waals surface area contributed by atoms with Gasteiger partial charge in [0.1, 0.15) is 0 Å². The Hall–Kier alpha value is -1.28. The number of aliphatic imine (C=N–C) groups is 1. The van der Waals surface area contributed by atoms with Crippen LogP contribution in [0.4, 0.5) is 13.2 Å². The molecular weight excluding hydrogens is 325 g/mol. The van der Waals surface area contributed by atoms with Crippen molar-refractivity contribution in [2.24, 2.45) is 4.99 Å². The standard InChI is InChI=1S/C15H23F3N4S/c1-19-14(20-6-5-15(16,17)18)21-13-2-7-22(8-3-13)10-12-4-9-23-11-12/h4,9,11,13H,2-3,5-8,10H2,1H3,(H2,19,20,21).